The number of pyridine rings is 1. The molecule has 0 fully saturated rings. The van der Waals surface area contributed by atoms with Crippen LogP contribution in [0.4, 0.5) is 0 Å². The van der Waals surface area contributed by atoms with Gasteiger partial charge >= 0.3 is 0 Å². The average molecular weight is 248 g/mol. The Labute approximate surface area is 109 Å². The first kappa shape index (κ1) is 14.7. The maximum Gasteiger partial charge on any atom is 0.176 e. The van der Waals surface area contributed by atoms with E-state index in [0.717, 1.165) is 30.4 Å². The van der Waals surface area contributed by atoms with Gasteiger partial charge in [0.2, 0.25) is 0 Å². The van der Waals surface area contributed by atoms with Gasteiger partial charge in [-0.25, -0.2) is 0 Å². The minimum absolute atomic E-state index is 0.0786. The molecule has 3 nitrogen and oxygen atoms in total. The normalized spacial score (nSPS) is 11.8. The number of carbonyl (C=O) groups excluding carboxylic acids is 1. The summed E-state index contributed by atoms with van der Waals surface area (Å²) in [6, 6.07) is 3.96. The van der Waals surface area contributed by atoms with Gasteiger partial charge in [0, 0.05) is 13.5 Å². The molecule has 18 heavy (non-hydrogen) atoms. The van der Waals surface area contributed by atoms with Crippen LogP contribution >= 0.6 is 0 Å². The van der Waals surface area contributed by atoms with Crippen molar-refractivity contribution in [1.29, 1.82) is 0 Å². The number of carbonyl (C=O) groups is 1. The number of rotatable bonds is 7. The summed E-state index contributed by atoms with van der Waals surface area (Å²) in [5, 5.41) is 0. The lowest BCUT2D eigenvalue weighted by Crippen LogP contribution is -2.15. The SMILES string of the molecule is CCCCCCN=c1ccc(CC)c(C(C)=O)[nH]1. The molecule has 0 unspecified atom stereocenters. The lowest BCUT2D eigenvalue weighted by atomic mass is 10.1. The predicted molar refractivity (Wildman–Crippen MR) is 74.7 cm³/mol. The topological polar surface area (TPSA) is 45.2 Å². The second-order valence-corrected chi connectivity index (χ2v) is 4.60. The van der Waals surface area contributed by atoms with Crippen molar-refractivity contribution in [3.8, 4) is 0 Å². The van der Waals surface area contributed by atoms with E-state index in [9.17, 15) is 4.79 Å². The monoisotopic (exact) mass is 248 g/mol. The van der Waals surface area contributed by atoms with Crippen molar-refractivity contribution in [2.75, 3.05) is 6.54 Å². The van der Waals surface area contributed by atoms with Crippen LogP contribution in [0.2, 0.25) is 0 Å². The highest BCUT2D eigenvalue weighted by Crippen LogP contribution is 2.04. The maximum atomic E-state index is 11.5. The number of aryl methyl sites for hydroxylation is 1. The number of hydrogen-bond acceptors (Lipinski definition) is 2. The lowest BCUT2D eigenvalue weighted by molar-refractivity contribution is 0.101. The van der Waals surface area contributed by atoms with E-state index in [1.165, 1.54) is 19.3 Å². The molecule has 3 heteroatoms. The van der Waals surface area contributed by atoms with E-state index in [0.29, 0.717) is 5.69 Å². The Morgan fingerprint density at radius 1 is 1.22 bits per heavy atom. The molecule has 0 bridgehead atoms. The number of unbranched alkanes of at least 4 members (excludes halogenated alkanes) is 3. The van der Waals surface area contributed by atoms with Gasteiger partial charge < -0.3 is 4.98 Å². The molecule has 0 amide bonds. The van der Waals surface area contributed by atoms with E-state index in [1.807, 2.05) is 12.1 Å². The molecule has 0 atom stereocenters. The summed E-state index contributed by atoms with van der Waals surface area (Å²) >= 11 is 0. The summed E-state index contributed by atoms with van der Waals surface area (Å²) in [7, 11) is 0. The summed E-state index contributed by atoms with van der Waals surface area (Å²) in [4.78, 5) is 19.1. The summed E-state index contributed by atoms with van der Waals surface area (Å²) in [6.45, 7) is 6.68. The molecule has 0 saturated carbocycles. The molecule has 0 saturated heterocycles. The van der Waals surface area contributed by atoms with E-state index >= 15 is 0 Å². The molecule has 0 radical (unpaired) electrons. The third-order valence-corrected chi connectivity index (χ3v) is 3.04. The Morgan fingerprint density at radius 2 is 2.00 bits per heavy atom. The van der Waals surface area contributed by atoms with Gasteiger partial charge in [0.15, 0.2) is 5.78 Å². The van der Waals surface area contributed by atoms with Crippen LogP contribution in [0, 0.1) is 0 Å². The average Bonchev–Trinajstić information content (AvgIpc) is 2.38. The highest BCUT2D eigenvalue weighted by molar-refractivity contribution is 5.93. The molecule has 0 aliphatic heterocycles. The fourth-order valence-electron chi connectivity index (χ4n) is 1.95. The molecular weight excluding hydrogens is 224 g/mol. The molecule has 1 rings (SSSR count). The van der Waals surface area contributed by atoms with Crippen LogP contribution in [0.1, 0.15) is 62.5 Å². The highest BCUT2D eigenvalue weighted by atomic mass is 16.1. The second-order valence-electron chi connectivity index (χ2n) is 4.60. The van der Waals surface area contributed by atoms with E-state index in [-0.39, 0.29) is 5.78 Å². The van der Waals surface area contributed by atoms with Crippen LogP contribution in [0.15, 0.2) is 17.1 Å². The maximum absolute atomic E-state index is 11.5. The molecule has 0 spiro atoms. The Bertz CT molecular complexity index is 446. The number of aromatic nitrogens is 1. The van der Waals surface area contributed by atoms with E-state index in [2.05, 4.69) is 23.8 Å². The van der Waals surface area contributed by atoms with Crippen LogP contribution in [0.5, 0.6) is 0 Å². The fraction of sp³-hybridized carbons (Fsp3) is 0.600. The Hall–Kier alpha value is -1.38. The second kappa shape index (κ2) is 7.85. The Morgan fingerprint density at radius 3 is 2.61 bits per heavy atom. The molecular formula is C15H24N2O. The van der Waals surface area contributed by atoms with Gasteiger partial charge in [-0.15, -0.1) is 0 Å². The summed E-state index contributed by atoms with van der Waals surface area (Å²) < 4.78 is 0. The number of ketones is 1. The predicted octanol–water partition coefficient (Wildman–Crippen LogP) is 3.26. The highest BCUT2D eigenvalue weighted by Gasteiger charge is 2.05. The third kappa shape index (κ3) is 4.47. The Kier molecular flexibility index (Phi) is 6.40. The van der Waals surface area contributed by atoms with Gasteiger partial charge in [0.1, 0.15) is 5.49 Å². The van der Waals surface area contributed by atoms with Crippen LogP contribution in [-0.4, -0.2) is 17.3 Å². The first-order valence-corrected chi connectivity index (χ1v) is 6.92. The molecule has 0 aliphatic rings. The number of hydrogen-bond donors (Lipinski definition) is 1. The van der Waals surface area contributed by atoms with Crippen molar-refractivity contribution in [2.24, 2.45) is 4.99 Å². The molecule has 1 heterocycles. The van der Waals surface area contributed by atoms with Gasteiger partial charge in [-0.2, -0.15) is 0 Å². The standard InChI is InChI=1S/C15H24N2O/c1-4-6-7-8-11-16-14-10-9-13(5-2)15(17-14)12(3)18/h9-10H,4-8,11H2,1-3H3,(H,16,17). The lowest BCUT2D eigenvalue weighted by Gasteiger charge is -2.04. The molecule has 0 aliphatic carbocycles. The van der Waals surface area contributed by atoms with Crippen molar-refractivity contribution >= 4 is 5.78 Å². The largest absolute Gasteiger partial charge is 0.337 e. The van der Waals surface area contributed by atoms with Crippen molar-refractivity contribution in [3.05, 3.63) is 28.9 Å². The number of aromatic amines is 1. The Balaban J connectivity index is 2.75. The molecule has 1 aromatic heterocycles. The van der Waals surface area contributed by atoms with Crippen LogP contribution in [-0.2, 0) is 6.42 Å². The third-order valence-electron chi connectivity index (χ3n) is 3.04. The van der Waals surface area contributed by atoms with E-state index in [1.54, 1.807) is 6.92 Å². The van der Waals surface area contributed by atoms with Crippen molar-refractivity contribution in [2.45, 2.75) is 52.9 Å². The number of nitrogens with one attached hydrogen (secondary N) is 1. The molecule has 100 valence electrons. The van der Waals surface area contributed by atoms with Gasteiger partial charge in [0.25, 0.3) is 0 Å². The number of nitrogens with zero attached hydrogens (tertiary/aromatic N) is 1. The minimum Gasteiger partial charge on any atom is -0.337 e. The summed E-state index contributed by atoms with van der Waals surface area (Å²) in [6.07, 6.45) is 5.72. The van der Waals surface area contributed by atoms with E-state index in [4.69, 9.17) is 0 Å². The van der Waals surface area contributed by atoms with Crippen LogP contribution in [0.3, 0.4) is 0 Å². The zero-order chi connectivity index (χ0) is 13.4. The minimum atomic E-state index is 0.0786. The van der Waals surface area contributed by atoms with Crippen molar-refractivity contribution in [3.63, 3.8) is 0 Å². The van der Waals surface area contributed by atoms with Gasteiger partial charge in [0.05, 0.1) is 5.69 Å². The van der Waals surface area contributed by atoms with Gasteiger partial charge in [-0.1, -0.05) is 39.2 Å². The molecule has 1 N–H and O–H groups in total. The van der Waals surface area contributed by atoms with Gasteiger partial charge in [-0.05, 0) is 24.5 Å². The van der Waals surface area contributed by atoms with E-state index < -0.39 is 0 Å². The zero-order valence-electron chi connectivity index (χ0n) is 11.8. The van der Waals surface area contributed by atoms with Crippen LogP contribution in [0.25, 0.3) is 0 Å². The molecule has 0 aromatic carbocycles. The summed E-state index contributed by atoms with van der Waals surface area (Å²) in [5.41, 5.74) is 2.58. The van der Waals surface area contributed by atoms with Crippen LogP contribution < -0.4 is 5.49 Å². The zero-order valence-corrected chi connectivity index (χ0v) is 11.8. The smallest absolute Gasteiger partial charge is 0.176 e. The number of Topliss-reactive ketones (excluding diaryl/α,β-unsaturated/α-hetero) is 1. The fourth-order valence-corrected chi connectivity index (χ4v) is 1.95. The number of H-pyrrole nitrogens is 1. The van der Waals surface area contributed by atoms with Crippen molar-refractivity contribution in [1.82, 2.24) is 4.98 Å². The van der Waals surface area contributed by atoms with Crippen molar-refractivity contribution < 1.29 is 4.79 Å². The summed E-state index contributed by atoms with van der Waals surface area (Å²) in [5.74, 6) is 0.0786. The molecule has 1 aromatic rings. The van der Waals surface area contributed by atoms with Gasteiger partial charge in [-0.3, -0.25) is 9.79 Å². The quantitative estimate of drug-likeness (QED) is 0.584. The first-order chi connectivity index (χ1) is 8.69. The first-order valence-electron chi connectivity index (χ1n) is 6.92.